The molecule has 1 aliphatic carbocycles. The number of methoxy groups -OCH3 is 1. The topological polar surface area (TPSA) is 73.1 Å². The number of carbonyl (C=O) groups is 1. The van der Waals surface area contributed by atoms with Gasteiger partial charge in [0, 0.05) is 11.5 Å². The van der Waals surface area contributed by atoms with E-state index >= 15 is 0 Å². The maximum atomic E-state index is 12.3. The fourth-order valence-electron chi connectivity index (χ4n) is 2.83. The molecule has 1 aromatic carbocycles. The van der Waals surface area contributed by atoms with Crippen LogP contribution in [0.3, 0.4) is 0 Å². The van der Waals surface area contributed by atoms with E-state index in [2.05, 4.69) is 24.4 Å². The molecule has 0 bridgehead atoms. The molecule has 1 saturated carbocycles. The Labute approximate surface area is 159 Å². The van der Waals surface area contributed by atoms with Crippen molar-refractivity contribution in [3.05, 3.63) is 47.4 Å². The maximum absolute atomic E-state index is 12.3. The van der Waals surface area contributed by atoms with Crippen molar-refractivity contribution >= 4 is 12.1 Å². The summed E-state index contributed by atoms with van der Waals surface area (Å²) in [7, 11) is 1.55. The van der Waals surface area contributed by atoms with Crippen LogP contribution in [0, 0.1) is 5.92 Å². The lowest BCUT2D eigenvalue weighted by atomic mass is 10.2. The molecule has 0 saturated heterocycles. The molecule has 0 unspecified atom stereocenters. The van der Waals surface area contributed by atoms with E-state index in [1.165, 1.54) is 12.6 Å². The highest BCUT2D eigenvalue weighted by molar-refractivity contribution is 5.95. The predicted molar refractivity (Wildman–Crippen MR) is 104 cm³/mol. The number of amides is 1. The van der Waals surface area contributed by atoms with Crippen molar-refractivity contribution in [1.29, 1.82) is 0 Å². The van der Waals surface area contributed by atoms with Gasteiger partial charge in [0.1, 0.15) is 11.5 Å². The van der Waals surface area contributed by atoms with Crippen molar-refractivity contribution in [1.82, 2.24) is 5.43 Å². The molecule has 144 valence electrons. The summed E-state index contributed by atoms with van der Waals surface area (Å²) in [4.78, 5) is 12.3. The lowest BCUT2D eigenvalue weighted by Gasteiger charge is -2.11. The number of carbonyl (C=O) groups excluding carboxylic acids is 1. The van der Waals surface area contributed by atoms with Gasteiger partial charge in [-0.15, -0.1) is 0 Å². The van der Waals surface area contributed by atoms with Crippen LogP contribution in [0.5, 0.6) is 11.5 Å². The summed E-state index contributed by atoms with van der Waals surface area (Å²) in [5, 5.41) is 3.98. The second-order valence-electron chi connectivity index (χ2n) is 6.83. The monoisotopic (exact) mass is 370 g/mol. The zero-order valence-electron chi connectivity index (χ0n) is 16.0. The quantitative estimate of drug-likeness (QED) is 0.404. The summed E-state index contributed by atoms with van der Waals surface area (Å²) >= 11 is 0. The number of hydrogen-bond acceptors (Lipinski definition) is 5. The van der Waals surface area contributed by atoms with Gasteiger partial charge in [0.15, 0.2) is 11.5 Å². The Kier molecular flexibility index (Phi) is 6.16. The molecule has 27 heavy (non-hydrogen) atoms. The van der Waals surface area contributed by atoms with Crippen LogP contribution in [0.2, 0.25) is 0 Å². The van der Waals surface area contributed by atoms with E-state index in [1.807, 2.05) is 12.1 Å². The van der Waals surface area contributed by atoms with Crippen molar-refractivity contribution in [2.45, 2.75) is 39.0 Å². The van der Waals surface area contributed by atoms with Crippen LogP contribution in [0.25, 0.3) is 0 Å². The molecule has 1 N–H and O–H groups in total. The first-order valence-corrected chi connectivity index (χ1v) is 9.36. The fourth-order valence-corrected chi connectivity index (χ4v) is 2.83. The number of benzene rings is 1. The number of furan rings is 1. The van der Waals surface area contributed by atoms with Gasteiger partial charge < -0.3 is 13.9 Å². The molecular formula is C21H26N2O4. The summed E-state index contributed by atoms with van der Waals surface area (Å²) < 4.78 is 16.7. The molecule has 6 heteroatoms. The average molecular weight is 370 g/mol. The summed E-state index contributed by atoms with van der Waals surface area (Å²) in [5.74, 6) is 3.64. The molecule has 2 atom stereocenters. The van der Waals surface area contributed by atoms with Gasteiger partial charge in [0.2, 0.25) is 0 Å². The summed E-state index contributed by atoms with van der Waals surface area (Å²) in [6.07, 6.45) is 4.70. The molecule has 0 spiro atoms. The maximum Gasteiger partial charge on any atom is 0.271 e. The third kappa shape index (κ3) is 4.90. The van der Waals surface area contributed by atoms with Crippen molar-refractivity contribution < 1.29 is 18.7 Å². The minimum Gasteiger partial charge on any atom is -0.493 e. The normalized spacial score (nSPS) is 18.5. The minimum atomic E-state index is -0.327. The second kappa shape index (κ2) is 8.75. The van der Waals surface area contributed by atoms with E-state index in [1.54, 1.807) is 25.3 Å². The average Bonchev–Trinajstić information content (AvgIpc) is 3.22. The summed E-state index contributed by atoms with van der Waals surface area (Å²) in [6.45, 7) is 4.92. The summed E-state index contributed by atoms with van der Waals surface area (Å²) in [6, 6.07) is 8.91. The first-order chi connectivity index (χ1) is 13.1. The van der Waals surface area contributed by atoms with Crippen LogP contribution < -0.4 is 14.9 Å². The Balaban J connectivity index is 1.57. The Hall–Kier alpha value is -2.76. The van der Waals surface area contributed by atoms with Gasteiger partial charge >= 0.3 is 0 Å². The highest BCUT2D eigenvalue weighted by Gasteiger charge is 2.36. The van der Waals surface area contributed by atoms with Gasteiger partial charge in [-0.05, 0) is 49.1 Å². The van der Waals surface area contributed by atoms with Crippen molar-refractivity contribution in [2.24, 2.45) is 11.0 Å². The molecule has 1 fully saturated rings. The van der Waals surface area contributed by atoms with Crippen molar-refractivity contribution in [2.75, 3.05) is 13.7 Å². The fraction of sp³-hybridized carbons (Fsp3) is 0.429. The third-order valence-electron chi connectivity index (χ3n) is 4.66. The molecule has 1 amide bonds. The smallest absolute Gasteiger partial charge is 0.271 e. The Morgan fingerprint density at radius 2 is 2.15 bits per heavy atom. The first kappa shape index (κ1) is 19.0. The van der Waals surface area contributed by atoms with Gasteiger partial charge in [-0.2, -0.15) is 5.10 Å². The molecular weight excluding hydrogens is 344 g/mol. The standard InChI is InChI=1S/C21H26N2O4/c1-4-5-10-26-19-8-6-15(12-20(19)25-3)21(24)23-22-13-16-7-9-18(27-16)17-11-14(17)2/h6-9,12-14,17H,4-5,10-11H2,1-3H3,(H,23,24)/b22-13-/t14-,17+/m1/s1. The Morgan fingerprint density at radius 3 is 2.85 bits per heavy atom. The third-order valence-corrected chi connectivity index (χ3v) is 4.66. The highest BCUT2D eigenvalue weighted by atomic mass is 16.5. The molecule has 6 nitrogen and oxygen atoms in total. The van der Waals surface area contributed by atoms with Crippen LogP contribution in [0.15, 0.2) is 39.9 Å². The van der Waals surface area contributed by atoms with Crippen LogP contribution in [-0.4, -0.2) is 25.8 Å². The second-order valence-corrected chi connectivity index (χ2v) is 6.83. The number of hydrogen-bond donors (Lipinski definition) is 1. The molecule has 1 heterocycles. The SMILES string of the molecule is CCCCOc1ccc(C(=O)N/N=C\c2ccc([C@H]3C[C@H]3C)o2)cc1OC. The van der Waals surface area contributed by atoms with Gasteiger partial charge in [-0.3, -0.25) is 4.79 Å². The molecule has 2 aromatic rings. The van der Waals surface area contributed by atoms with Crippen LogP contribution in [0.1, 0.15) is 60.9 Å². The number of hydrazone groups is 1. The highest BCUT2D eigenvalue weighted by Crippen LogP contribution is 2.47. The van der Waals surface area contributed by atoms with E-state index < -0.39 is 0 Å². The van der Waals surface area contributed by atoms with E-state index in [0.29, 0.717) is 41.3 Å². The Bertz CT molecular complexity index is 812. The largest absolute Gasteiger partial charge is 0.493 e. The van der Waals surface area contributed by atoms with Crippen LogP contribution in [-0.2, 0) is 0 Å². The van der Waals surface area contributed by atoms with Crippen LogP contribution in [0.4, 0.5) is 0 Å². The van der Waals surface area contributed by atoms with E-state index in [4.69, 9.17) is 13.9 Å². The van der Waals surface area contributed by atoms with Crippen molar-refractivity contribution in [3.8, 4) is 11.5 Å². The lowest BCUT2D eigenvalue weighted by Crippen LogP contribution is -2.17. The number of unbranched alkanes of at least 4 members (excludes halogenated alkanes) is 1. The summed E-state index contributed by atoms with van der Waals surface area (Å²) in [5.41, 5.74) is 2.95. The number of ether oxygens (including phenoxy) is 2. The molecule has 3 rings (SSSR count). The lowest BCUT2D eigenvalue weighted by molar-refractivity contribution is 0.0954. The van der Waals surface area contributed by atoms with Gasteiger partial charge in [0.05, 0.1) is 19.9 Å². The minimum absolute atomic E-state index is 0.327. The van der Waals surface area contributed by atoms with Crippen molar-refractivity contribution in [3.63, 3.8) is 0 Å². The van der Waals surface area contributed by atoms with Gasteiger partial charge in [0.25, 0.3) is 5.91 Å². The van der Waals surface area contributed by atoms with Crippen LogP contribution >= 0.6 is 0 Å². The zero-order valence-corrected chi connectivity index (χ0v) is 16.0. The van der Waals surface area contributed by atoms with Gasteiger partial charge in [-0.1, -0.05) is 20.3 Å². The first-order valence-electron chi connectivity index (χ1n) is 9.36. The predicted octanol–water partition coefficient (Wildman–Crippen LogP) is 4.35. The molecule has 0 aliphatic heterocycles. The molecule has 1 aliphatic rings. The zero-order chi connectivity index (χ0) is 19.2. The van der Waals surface area contributed by atoms with Gasteiger partial charge in [-0.25, -0.2) is 5.43 Å². The number of nitrogens with zero attached hydrogens (tertiary/aromatic N) is 1. The number of rotatable bonds is 9. The Morgan fingerprint density at radius 1 is 1.33 bits per heavy atom. The number of nitrogens with one attached hydrogen (secondary N) is 1. The van der Waals surface area contributed by atoms with E-state index in [-0.39, 0.29) is 5.91 Å². The van der Waals surface area contributed by atoms with E-state index in [0.717, 1.165) is 18.6 Å². The molecule has 0 radical (unpaired) electrons. The molecule has 1 aromatic heterocycles. The van der Waals surface area contributed by atoms with E-state index in [9.17, 15) is 4.79 Å².